The van der Waals surface area contributed by atoms with Gasteiger partial charge in [0.1, 0.15) is 12.2 Å². The molecule has 2 atom stereocenters. The molecule has 2 aromatic heterocycles. The zero-order valence-electron chi connectivity index (χ0n) is 24.5. The number of aliphatic imine (C=N–C) groups is 1. The van der Waals surface area contributed by atoms with Gasteiger partial charge in [0.25, 0.3) is 6.43 Å². The van der Waals surface area contributed by atoms with Gasteiger partial charge in [-0.1, -0.05) is 31.3 Å². The third kappa shape index (κ3) is 6.01. The van der Waals surface area contributed by atoms with Gasteiger partial charge in [-0.15, -0.1) is 10.2 Å². The highest BCUT2D eigenvalue weighted by Gasteiger charge is 2.45. The normalized spacial score (nSPS) is 21.5. The number of benzene rings is 1. The molecule has 6 rings (SSSR count). The van der Waals surface area contributed by atoms with Crippen molar-refractivity contribution in [3.8, 4) is 10.7 Å². The average Bonchev–Trinajstić information content (AvgIpc) is 3.26. The molecule has 1 aromatic carbocycles. The summed E-state index contributed by atoms with van der Waals surface area (Å²) >= 11 is 0.468. The molecule has 1 saturated heterocycles. The number of nitrogens with zero attached hydrogens (tertiary/aromatic N) is 6. The van der Waals surface area contributed by atoms with Gasteiger partial charge < -0.3 is 4.90 Å². The number of fused-ring (bicyclic) bond motifs is 3. The number of hydrogen-bond donors (Lipinski definition) is 1. The molecule has 10 nitrogen and oxygen atoms in total. The van der Waals surface area contributed by atoms with Crippen molar-refractivity contribution in [1.82, 2.24) is 29.6 Å². The summed E-state index contributed by atoms with van der Waals surface area (Å²) in [7, 11) is -2.73. The summed E-state index contributed by atoms with van der Waals surface area (Å²) in [6, 6.07) is 2.00. The number of sulfonamides is 1. The lowest BCUT2D eigenvalue weighted by Crippen LogP contribution is -2.44. The van der Waals surface area contributed by atoms with E-state index in [1.807, 2.05) is 6.08 Å². The molecule has 2 fully saturated rings. The highest BCUT2D eigenvalue weighted by Crippen LogP contribution is 2.44. The zero-order valence-corrected chi connectivity index (χ0v) is 26.1. The average molecular weight is 672 g/mol. The molecule has 2 unspecified atom stereocenters. The van der Waals surface area contributed by atoms with Crippen molar-refractivity contribution in [3.63, 3.8) is 0 Å². The molecule has 0 radical (unpaired) electrons. The fourth-order valence-electron chi connectivity index (χ4n) is 6.19. The standard InChI is InChI=1S/C28H30F5N7O3S2/c1-14(2)26(41)40-16-4-5-17(40)9-15(8-16)19-10-18(45(42,43)38-27(6-7-27)12-34-3)11-20-21(24-35-36-25(44-24)23(29)30)37-39(22(19)20)13-28(31,32)33/h8,10-12,14,16-17,23,38H,4-7,9,13H2,1-3H3/b34-12+. The Labute approximate surface area is 259 Å². The van der Waals surface area contributed by atoms with Crippen LogP contribution in [0.1, 0.15) is 62.9 Å². The molecule has 17 heteroatoms. The highest BCUT2D eigenvalue weighted by molar-refractivity contribution is 7.89. The van der Waals surface area contributed by atoms with Crippen molar-refractivity contribution >= 4 is 50.0 Å². The minimum Gasteiger partial charge on any atom is -0.333 e. The van der Waals surface area contributed by atoms with E-state index in [-0.39, 0.29) is 62.4 Å². The lowest BCUT2D eigenvalue weighted by molar-refractivity contribution is -0.142. The first-order valence-corrected chi connectivity index (χ1v) is 16.6. The Hall–Kier alpha value is -3.31. The summed E-state index contributed by atoms with van der Waals surface area (Å²) in [6.45, 7) is 2.08. The van der Waals surface area contributed by atoms with Crippen LogP contribution in [0, 0.1) is 5.92 Å². The highest BCUT2D eigenvalue weighted by atomic mass is 32.2. The van der Waals surface area contributed by atoms with E-state index >= 15 is 0 Å². The maximum Gasteiger partial charge on any atom is 0.408 e. The van der Waals surface area contributed by atoms with E-state index in [0.29, 0.717) is 47.3 Å². The molecular formula is C28H30F5N7O3S2. The van der Waals surface area contributed by atoms with Crippen molar-refractivity contribution in [3.05, 3.63) is 28.8 Å². The second-order valence-corrected chi connectivity index (χ2v) is 14.7. The van der Waals surface area contributed by atoms with Gasteiger partial charge in [0.2, 0.25) is 15.9 Å². The van der Waals surface area contributed by atoms with Crippen LogP contribution in [0.3, 0.4) is 0 Å². The molecule has 0 spiro atoms. The van der Waals surface area contributed by atoms with Crippen molar-refractivity contribution in [2.45, 2.75) is 87.6 Å². The van der Waals surface area contributed by atoms with Gasteiger partial charge >= 0.3 is 6.18 Å². The number of aromatic nitrogens is 4. The van der Waals surface area contributed by atoms with Crippen LogP contribution in [0.25, 0.3) is 27.2 Å². The van der Waals surface area contributed by atoms with Crippen LogP contribution < -0.4 is 4.72 Å². The minimum absolute atomic E-state index is 0.00275. The largest absolute Gasteiger partial charge is 0.408 e. The number of carbonyl (C=O) groups excluding carboxylic acids is 1. The topological polar surface area (TPSA) is 122 Å². The molecular weight excluding hydrogens is 641 g/mol. The van der Waals surface area contributed by atoms with Crippen LogP contribution in [0.4, 0.5) is 22.0 Å². The van der Waals surface area contributed by atoms with Crippen molar-refractivity contribution in [2.24, 2.45) is 10.9 Å². The Balaban J connectivity index is 1.58. The molecule has 2 aliphatic heterocycles. The van der Waals surface area contributed by atoms with Crippen LogP contribution in [-0.2, 0) is 21.4 Å². The number of halogens is 5. The third-order valence-electron chi connectivity index (χ3n) is 8.28. The number of rotatable bonds is 9. The Morgan fingerprint density at radius 1 is 1.22 bits per heavy atom. The quantitative estimate of drug-likeness (QED) is 0.241. The Morgan fingerprint density at radius 3 is 2.53 bits per heavy atom. The molecule has 1 aliphatic carbocycles. The van der Waals surface area contributed by atoms with E-state index in [1.54, 1.807) is 18.7 Å². The first-order valence-electron chi connectivity index (χ1n) is 14.3. The van der Waals surface area contributed by atoms with Crippen LogP contribution in [0.15, 0.2) is 28.1 Å². The minimum atomic E-state index is -4.71. The fraction of sp³-hybridized carbons (Fsp3) is 0.536. The summed E-state index contributed by atoms with van der Waals surface area (Å²) in [5.41, 5.74) is -0.297. The molecule has 1 N–H and O–H groups in total. The number of hydrogen-bond acceptors (Lipinski definition) is 8. The summed E-state index contributed by atoms with van der Waals surface area (Å²) in [4.78, 5) is 18.5. The summed E-state index contributed by atoms with van der Waals surface area (Å²) in [6.07, 6.45) is -1.70. The molecule has 3 aromatic rings. The van der Waals surface area contributed by atoms with Gasteiger partial charge in [-0.3, -0.25) is 14.5 Å². The maximum absolute atomic E-state index is 13.9. The fourth-order valence-corrected chi connectivity index (χ4v) is 8.34. The van der Waals surface area contributed by atoms with Gasteiger partial charge in [0, 0.05) is 36.2 Å². The number of amides is 1. The molecule has 1 saturated carbocycles. The first-order chi connectivity index (χ1) is 21.1. The molecule has 2 bridgehead atoms. The predicted octanol–water partition coefficient (Wildman–Crippen LogP) is 5.37. The molecule has 4 heterocycles. The van der Waals surface area contributed by atoms with E-state index in [2.05, 4.69) is 25.0 Å². The van der Waals surface area contributed by atoms with Crippen molar-refractivity contribution < 1.29 is 35.2 Å². The van der Waals surface area contributed by atoms with E-state index in [0.717, 1.165) is 0 Å². The molecule has 1 amide bonds. The van der Waals surface area contributed by atoms with E-state index < -0.39 is 39.7 Å². The number of alkyl halides is 5. The van der Waals surface area contributed by atoms with E-state index in [4.69, 9.17) is 0 Å². The summed E-state index contributed by atoms with van der Waals surface area (Å²) in [5, 5.41) is 10.6. The number of carbonyl (C=O) groups is 1. The van der Waals surface area contributed by atoms with Crippen molar-refractivity contribution in [1.29, 1.82) is 0 Å². The van der Waals surface area contributed by atoms with Gasteiger partial charge in [0.15, 0.2) is 10.0 Å². The van der Waals surface area contributed by atoms with E-state index in [1.165, 1.54) is 25.4 Å². The molecule has 45 heavy (non-hydrogen) atoms. The molecule has 3 aliphatic rings. The zero-order chi connectivity index (χ0) is 32.5. The lowest BCUT2D eigenvalue weighted by atomic mass is 9.92. The Bertz CT molecular complexity index is 1830. The predicted molar refractivity (Wildman–Crippen MR) is 157 cm³/mol. The smallest absolute Gasteiger partial charge is 0.333 e. The van der Waals surface area contributed by atoms with Crippen LogP contribution in [-0.4, -0.2) is 76.3 Å². The van der Waals surface area contributed by atoms with Crippen molar-refractivity contribution in [2.75, 3.05) is 7.05 Å². The summed E-state index contributed by atoms with van der Waals surface area (Å²) in [5.74, 6) is -0.289. The Morgan fingerprint density at radius 2 is 1.96 bits per heavy atom. The van der Waals surface area contributed by atoms with Gasteiger partial charge in [-0.25, -0.2) is 17.2 Å². The van der Waals surface area contributed by atoms with Crippen LogP contribution in [0.5, 0.6) is 0 Å². The molecule has 242 valence electrons. The lowest BCUT2D eigenvalue weighted by Gasteiger charge is -2.35. The van der Waals surface area contributed by atoms with Crippen LogP contribution >= 0.6 is 11.3 Å². The second kappa shape index (κ2) is 11.2. The Kier molecular flexibility index (Phi) is 7.87. The van der Waals surface area contributed by atoms with Gasteiger partial charge in [0.05, 0.1) is 22.0 Å². The van der Waals surface area contributed by atoms with Gasteiger partial charge in [-0.2, -0.15) is 23.0 Å². The second-order valence-electron chi connectivity index (χ2n) is 12.0. The summed E-state index contributed by atoms with van der Waals surface area (Å²) < 4.78 is 99.5. The first kappa shape index (κ1) is 31.7. The third-order valence-corrected chi connectivity index (χ3v) is 10.7. The van der Waals surface area contributed by atoms with Gasteiger partial charge in [-0.05, 0) is 49.8 Å². The van der Waals surface area contributed by atoms with Crippen LogP contribution in [0.2, 0.25) is 0 Å². The number of nitrogens with one attached hydrogen (secondary N) is 1. The monoisotopic (exact) mass is 671 g/mol. The maximum atomic E-state index is 13.9. The SMILES string of the molecule is C/N=C/C1(NS(=O)(=O)c2cc(C3=CC4CCC(C3)N4C(=O)C(C)C)c3c(c2)c(-c2nnc(C(F)F)s2)nn3CC(F)(F)F)CC1. The van der Waals surface area contributed by atoms with E-state index in [9.17, 15) is 35.2 Å².